The molecule has 0 amide bonds. The minimum absolute atomic E-state index is 1.00. The van der Waals surface area contributed by atoms with Crippen LogP contribution in [0.2, 0.25) is 0 Å². The van der Waals surface area contributed by atoms with E-state index in [-0.39, 0.29) is 0 Å². The molecule has 1 heteroatoms. The molecule has 0 spiro atoms. The van der Waals surface area contributed by atoms with Gasteiger partial charge in [0.05, 0.1) is 0 Å². The van der Waals surface area contributed by atoms with Crippen LogP contribution in [0.1, 0.15) is 11.1 Å². The van der Waals surface area contributed by atoms with E-state index >= 15 is 0 Å². The summed E-state index contributed by atoms with van der Waals surface area (Å²) in [5.74, 6) is 0. The summed E-state index contributed by atoms with van der Waals surface area (Å²) in [4.78, 5) is 0. The molecule has 0 unspecified atom stereocenters. The van der Waals surface area contributed by atoms with E-state index in [1.165, 1.54) is 75.8 Å². The van der Waals surface area contributed by atoms with E-state index in [1.807, 2.05) is 11.3 Å². The second-order valence-electron chi connectivity index (χ2n) is 10.1. The van der Waals surface area contributed by atoms with Crippen LogP contribution in [0.3, 0.4) is 0 Å². The van der Waals surface area contributed by atoms with Crippen LogP contribution in [0.15, 0.2) is 133 Å². The van der Waals surface area contributed by atoms with Crippen molar-refractivity contribution in [2.75, 3.05) is 0 Å². The van der Waals surface area contributed by atoms with Gasteiger partial charge in [-0.15, -0.1) is 11.3 Å². The molecule has 1 heterocycles. The van der Waals surface area contributed by atoms with E-state index in [4.69, 9.17) is 0 Å². The van der Waals surface area contributed by atoms with Gasteiger partial charge in [-0.3, -0.25) is 0 Å². The highest BCUT2D eigenvalue weighted by molar-refractivity contribution is 7.26. The molecule has 0 radical (unpaired) electrons. The molecule has 7 aromatic rings. The summed E-state index contributed by atoms with van der Waals surface area (Å²) in [6.45, 7) is 0. The predicted molar refractivity (Wildman–Crippen MR) is 164 cm³/mol. The molecule has 1 aromatic heterocycles. The summed E-state index contributed by atoms with van der Waals surface area (Å²) < 4.78 is 2.70. The third-order valence-corrected chi connectivity index (χ3v) is 9.16. The zero-order valence-corrected chi connectivity index (χ0v) is 21.6. The Bertz CT molecular complexity index is 2010. The first-order chi connectivity index (χ1) is 18.8. The largest absolute Gasteiger partial charge is 0.135 e. The Labute approximate surface area is 226 Å². The van der Waals surface area contributed by atoms with E-state index in [2.05, 4.69) is 133 Å². The van der Waals surface area contributed by atoms with Crippen LogP contribution in [0, 0.1) is 0 Å². The van der Waals surface area contributed by atoms with Crippen LogP contribution in [0.25, 0.3) is 64.7 Å². The summed E-state index contributed by atoms with van der Waals surface area (Å²) in [6.07, 6.45) is 1.00. The van der Waals surface area contributed by atoms with Gasteiger partial charge in [-0.05, 0) is 80.3 Å². The fourth-order valence-corrected chi connectivity index (χ4v) is 7.37. The summed E-state index contributed by atoms with van der Waals surface area (Å²) in [7, 11) is 0. The van der Waals surface area contributed by atoms with Crippen LogP contribution in [0.5, 0.6) is 0 Å². The van der Waals surface area contributed by atoms with E-state index in [1.54, 1.807) is 0 Å². The van der Waals surface area contributed by atoms with Gasteiger partial charge >= 0.3 is 0 Å². The summed E-state index contributed by atoms with van der Waals surface area (Å²) in [6, 6.07) is 49.1. The first-order valence-electron chi connectivity index (χ1n) is 13.2. The van der Waals surface area contributed by atoms with Crippen molar-refractivity contribution in [3.8, 4) is 44.5 Å². The van der Waals surface area contributed by atoms with Gasteiger partial charge in [0.1, 0.15) is 0 Å². The molecule has 0 aliphatic heterocycles. The Kier molecular flexibility index (Phi) is 4.86. The van der Waals surface area contributed by atoms with E-state index in [9.17, 15) is 0 Å². The second kappa shape index (κ2) is 8.55. The maximum atomic E-state index is 2.36. The molecule has 0 nitrogen and oxygen atoms in total. The van der Waals surface area contributed by atoms with Crippen molar-refractivity contribution in [3.63, 3.8) is 0 Å². The molecule has 38 heavy (non-hydrogen) atoms. The fraction of sp³-hybridized carbons (Fsp3) is 0.0270. The minimum Gasteiger partial charge on any atom is -0.135 e. The van der Waals surface area contributed by atoms with Gasteiger partial charge in [0, 0.05) is 20.2 Å². The topological polar surface area (TPSA) is 0 Å². The Morgan fingerprint density at radius 2 is 1.00 bits per heavy atom. The number of thiophene rings is 1. The average Bonchev–Trinajstić information content (AvgIpc) is 3.56. The molecule has 0 saturated carbocycles. The highest BCUT2D eigenvalue weighted by Gasteiger charge is 2.21. The highest BCUT2D eigenvalue weighted by atomic mass is 32.1. The molecule has 6 aromatic carbocycles. The monoisotopic (exact) mass is 500 g/mol. The number of rotatable bonds is 3. The lowest BCUT2D eigenvalue weighted by Gasteiger charge is -2.12. The van der Waals surface area contributed by atoms with Crippen molar-refractivity contribution in [1.82, 2.24) is 0 Å². The molecule has 8 rings (SSSR count). The molecule has 1 aliphatic rings. The van der Waals surface area contributed by atoms with Crippen molar-refractivity contribution in [2.45, 2.75) is 6.42 Å². The van der Waals surface area contributed by atoms with Crippen molar-refractivity contribution in [3.05, 3.63) is 145 Å². The quantitative estimate of drug-likeness (QED) is 0.226. The van der Waals surface area contributed by atoms with Gasteiger partial charge < -0.3 is 0 Å². The number of hydrogen-bond donors (Lipinski definition) is 0. The maximum Gasteiger partial charge on any atom is 0.0433 e. The second-order valence-corrected chi connectivity index (χ2v) is 11.2. The van der Waals surface area contributed by atoms with Crippen molar-refractivity contribution in [2.24, 2.45) is 0 Å². The minimum atomic E-state index is 1.00. The Hall–Kier alpha value is -4.46. The van der Waals surface area contributed by atoms with Gasteiger partial charge in [-0.1, -0.05) is 115 Å². The summed E-state index contributed by atoms with van der Waals surface area (Å²) in [5.41, 5.74) is 13.3. The SMILES string of the molecule is c1cc(-c2cccc(-c3cccc4c3sc3ccccc34)c2)cc(-c2cccc3c2Cc2ccccc2-3)c1. The zero-order chi connectivity index (χ0) is 25.1. The third kappa shape index (κ3) is 3.36. The zero-order valence-electron chi connectivity index (χ0n) is 20.8. The molecule has 0 bridgehead atoms. The van der Waals surface area contributed by atoms with E-state index < -0.39 is 0 Å². The molecular formula is C37H24S. The summed E-state index contributed by atoms with van der Waals surface area (Å²) in [5, 5.41) is 2.69. The molecule has 0 N–H and O–H groups in total. The predicted octanol–water partition coefficient (Wildman–Crippen LogP) is 10.6. The van der Waals surface area contributed by atoms with Gasteiger partial charge in [-0.2, -0.15) is 0 Å². The maximum absolute atomic E-state index is 2.36. The van der Waals surface area contributed by atoms with Crippen molar-refractivity contribution in [1.29, 1.82) is 0 Å². The molecule has 0 atom stereocenters. The molecule has 0 saturated heterocycles. The van der Waals surface area contributed by atoms with Gasteiger partial charge in [0.25, 0.3) is 0 Å². The number of fused-ring (bicyclic) bond motifs is 6. The normalized spacial score (nSPS) is 12.1. The van der Waals surface area contributed by atoms with Crippen LogP contribution < -0.4 is 0 Å². The standard InChI is InChI=1S/C37H24S/c1-2-14-29-28(9-1)23-35-30(16-7-18-32(29)35)26-12-5-10-24(21-26)25-11-6-13-27(22-25)31-17-8-19-34-33-15-3-4-20-36(33)38-37(31)34/h1-22H,23H2. The lowest BCUT2D eigenvalue weighted by molar-refractivity contribution is 1.26. The lowest BCUT2D eigenvalue weighted by Crippen LogP contribution is -1.89. The van der Waals surface area contributed by atoms with Crippen LogP contribution in [-0.2, 0) is 6.42 Å². The molecular weight excluding hydrogens is 476 g/mol. The average molecular weight is 501 g/mol. The van der Waals surface area contributed by atoms with Crippen molar-refractivity contribution >= 4 is 31.5 Å². The fourth-order valence-electron chi connectivity index (χ4n) is 6.13. The smallest absolute Gasteiger partial charge is 0.0433 e. The molecule has 1 aliphatic carbocycles. The summed E-state index contributed by atoms with van der Waals surface area (Å²) >= 11 is 1.89. The van der Waals surface area contributed by atoms with Gasteiger partial charge in [-0.25, -0.2) is 0 Å². The van der Waals surface area contributed by atoms with Crippen LogP contribution in [-0.4, -0.2) is 0 Å². The van der Waals surface area contributed by atoms with Gasteiger partial charge in [0.15, 0.2) is 0 Å². The highest BCUT2D eigenvalue weighted by Crippen LogP contribution is 2.43. The number of benzene rings is 6. The third-order valence-electron chi connectivity index (χ3n) is 7.94. The van der Waals surface area contributed by atoms with E-state index in [0.717, 1.165) is 6.42 Å². The lowest BCUT2D eigenvalue weighted by atomic mass is 9.92. The Morgan fingerprint density at radius 3 is 1.87 bits per heavy atom. The van der Waals surface area contributed by atoms with Crippen molar-refractivity contribution < 1.29 is 0 Å². The Morgan fingerprint density at radius 1 is 0.421 bits per heavy atom. The molecule has 0 fully saturated rings. The first kappa shape index (κ1) is 21.6. The van der Waals surface area contributed by atoms with Crippen LogP contribution in [0.4, 0.5) is 0 Å². The molecule has 178 valence electrons. The Balaban J connectivity index is 1.22. The van der Waals surface area contributed by atoms with E-state index in [0.29, 0.717) is 0 Å². The first-order valence-corrected chi connectivity index (χ1v) is 14.0. The number of hydrogen-bond acceptors (Lipinski definition) is 1. The van der Waals surface area contributed by atoms with Gasteiger partial charge in [0.2, 0.25) is 0 Å². The van der Waals surface area contributed by atoms with Crippen LogP contribution >= 0.6 is 11.3 Å².